The first-order valence-corrected chi connectivity index (χ1v) is 8.14. The Labute approximate surface area is 131 Å². The minimum Gasteiger partial charge on any atom is -0.340 e. The number of hydrogen-bond donors (Lipinski definition) is 1. The molecule has 0 bridgehead atoms. The van der Waals surface area contributed by atoms with Gasteiger partial charge in [-0.05, 0) is 18.3 Å². The highest BCUT2D eigenvalue weighted by Crippen LogP contribution is 2.37. The average Bonchev–Trinajstić information content (AvgIpc) is 2.40. The van der Waals surface area contributed by atoms with E-state index in [0.717, 1.165) is 32.1 Å². The zero-order chi connectivity index (χ0) is 15.7. The van der Waals surface area contributed by atoms with Gasteiger partial charge in [0.2, 0.25) is 11.8 Å². The Morgan fingerprint density at radius 3 is 2.43 bits per heavy atom. The zero-order valence-corrected chi connectivity index (χ0v) is 13.9. The van der Waals surface area contributed by atoms with E-state index >= 15 is 0 Å². The Hall–Kier alpha value is -1.03. The standard InChI is InChI=1S/C16H25ClN2O2/c1-15(2,3)12-13(20)18-16(8-5-4-6-9-16)14(21)19(12)11-7-10-17/h7,10,12H,4-6,8-9,11H2,1-3H3,(H,18,20)/b10-7+. The number of piperazine rings is 1. The van der Waals surface area contributed by atoms with Crippen LogP contribution in [0.1, 0.15) is 52.9 Å². The van der Waals surface area contributed by atoms with Gasteiger partial charge in [0.25, 0.3) is 0 Å². The summed E-state index contributed by atoms with van der Waals surface area (Å²) in [6.07, 6.45) is 6.34. The van der Waals surface area contributed by atoms with E-state index in [1.54, 1.807) is 11.0 Å². The molecule has 0 aromatic carbocycles. The molecule has 1 saturated carbocycles. The van der Waals surface area contributed by atoms with E-state index in [1.165, 1.54) is 5.54 Å². The third-order valence-corrected chi connectivity index (χ3v) is 4.69. The van der Waals surface area contributed by atoms with Crippen LogP contribution in [0.3, 0.4) is 0 Å². The number of hydrogen-bond acceptors (Lipinski definition) is 2. The van der Waals surface area contributed by atoms with E-state index in [-0.39, 0.29) is 17.2 Å². The Morgan fingerprint density at radius 1 is 1.29 bits per heavy atom. The number of carbonyl (C=O) groups excluding carboxylic acids is 2. The fraction of sp³-hybridized carbons (Fsp3) is 0.750. The molecular formula is C16H25ClN2O2. The largest absolute Gasteiger partial charge is 0.340 e. The second-order valence-corrected chi connectivity index (χ2v) is 7.47. The first kappa shape index (κ1) is 16.3. The summed E-state index contributed by atoms with van der Waals surface area (Å²) in [5.74, 6) is 0.0171. The van der Waals surface area contributed by atoms with E-state index in [1.807, 2.05) is 20.8 Å². The highest BCUT2D eigenvalue weighted by molar-refractivity contribution is 6.25. The maximum Gasteiger partial charge on any atom is 0.249 e. The quantitative estimate of drug-likeness (QED) is 0.852. The lowest BCUT2D eigenvalue weighted by Crippen LogP contribution is -2.73. The maximum absolute atomic E-state index is 13.0. The van der Waals surface area contributed by atoms with Crippen molar-refractivity contribution in [1.82, 2.24) is 10.2 Å². The zero-order valence-electron chi connectivity index (χ0n) is 13.1. The lowest BCUT2D eigenvalue weighted by molar-refractivity contribution is -0.160. The van der Waals surface area contributed by atoms with Gasteiger partial charge in [0.15, 0.2) is 0 Å². The average molecular weight is 313 g/mol. The van der Waals surface area contributed by atoms with E-state index in [2.05, 4.69) is 5.32 Å². The molecule has 1 saturated heterocycles. The van der Waals surface area contributed by atoms with Crippen LogP contribution in [0.4, 0.5) is 0 Å². The molecule has 21 heavy (non-hydrogen) atoms. The van der Waals surface area contributed by atoms with Gasteiger partial charge < -0.3 is 10.2 Å². The molecule has 2 fully saturated rings. The fourth-order valence-electron chi connectivity index (χ4n) is 3.59. The van der Waals surface area contributed by atoms with Crippen LogP contribution in [0.25, 0.3) is 0 Å². The molecule has 0 aromatic heterocycles. The monoisotopic (exact) mass is 312 g/mol. The number of nitrogens with one attached hydrogen (secondary N) is 1. The molecule has 118 valence electrons. The molecule has 2 amide bonds. The number of nitrogens with zero attached hydrogens (tertiary/aromatic N) is 1. The Morgan fingerprint density at radius 2 is 1.90 bits per heavy atom. The molecule has 1 aliphatic carbocycles. The molecule has 1 heterocycles. The van der Waals surface area contributed by atoms with Crippen molar-refractivity contribution in [2.45, 2.75) is 64.5 Å². The van der Waals surface area contributed by atoms with Crippen molar-refractivity contribution < 1.29 is 9.59 Å². The van der Waals surface area contributed by atoms with Gasteiger partial charge in [-0.1, -0.05) is 57.7 Å². The molecule has 1 N–H and O–H groups in total. The predicted octanol–water partition coefficient (Wildman–Crippen LogP) is 2.81. The molecule has 1 aliphatic heterocycles. The smallest absolute Gasteiger partial charge is 0.249 e. The topological polar surface area (TPSA) is 49.4 Å². The Kier molecular flexibility index (Phi) is 4.66. The van der Waals surface area contributed by atoms with Gasteiger partial charge in [-0.2, -0.15) is 0 Å². The normalized spacial score (nSPS) is 26.5. The van der Waals surface area contributed by atoms with Gasteiger partial charge in [-0.3, -0.25) is 9.59 Å². The van der Waals surface area contributed by atoms with Crippen LogP contribution in [-0.2, 0) is 9.59 Å². The Balaban J connectivity index is 2.35. The molecule has 0 aromatic rings. The van der Waals surface area contributed by atoms with Gasteiger partial charge in [-0.15, -0.1) is 0 Å². The van der Waals surface area contributed by atoms with Crippen molar-refractivity contribution in [2.75, 3.05) is 6.54 Å². The summed E-state index contributed by atoms with van der Waals surface area (Å²) in [5.41, 5.74) is 0.417. The summed E-state index contributed by atoms with van der Waals surface area (Å²) in [5, 5.41) is 3.06. The Bertz CT molecular complexity index is 448. The van der Waals surface area contributed by atoms with Crippen LogP contribution in [0.15, 0.2) is 11.6 Å². The lowest BCUT2D eigenvalue weighted by Gasteiger charge is -2.50. The number of rotatable bonds is 2. The van der Waals surface area contributed by atoms with Crippen molar-refractivity contribution in [2.24, 2.45) is 5.41 Å². The number of carbonyl (C=O) groups is 2. The lowest BCUT2D eigenvalue weighted by atomic mass is 9.75. The predicted molar refractivity (Wildman–Crippen MR) is 83.9 cm³/mol. The molecule has 5 heteroatoms. The van der Waals surface area contributed by atoms with Crippen LogP contribution in [0.5, 0.6) is 0 Å². The van der Waals surface area contributed by atoms with Crippen molar-refractivity contribution >= 4 is 23.4 Å². The third kappa shape index (κ3) is 3.10. The summed E-state index contributed by atoms with van der Waals surface area (Å²) in [6, 6.07) is -0.453. The molecular weight excluding hydrogens is 288 g/mol. The second kappa shape index (κ2) is 5.99. The summed E-state index contributed by atoms with van der Waals surface area (Å²) < 4.78 is 0. The van der Waals surface area contributed by atoms with Gasteiger partial charge in [0.1, 0.15) is 11.6 Å². The molecule has 1 unspecified atom stereocenters. The third-order valence-electron chi connectivity index (χ3n) is 4.51. The van der Waals surface area contributed by atoms with Gasteiger partial charge >= 0.3 is 0 Å². The number of halogens is 1. The highest BCUT2D eigenvalue weighted by atomic mass is 35.5. The number of amides is 2. The first-order valence-electron chi connectivity index (χ1n) is 7.70. The molecule has 2 aliphatic rings. The highest BCUT2D eigenvalue weighted by Gasteiger charge is 2.53. The van der Waals surface area contributed by atoms with Gasteiger partial charge in [-0.25, -0.2) is 0 Å². The van der Waals surface area contributed by atoms with Crippen molar-refractivity contribution in [3.8, 4) is 0 Å². The van der Waals surface area contributed by atoms with Crippen LogP contribution < -0.4 is 5.32 Å². The summed E-state index contributed by atoms with van der Waals surface area (Å²) in [4.78, 5) is 27.4. The van der Waals surface area contributed by atoms with Crippen molar-refractivity contribution in [3.05, 3.63) is 11.6 Å². The summed E-state index contributed by atoms with van der Waals surface area (Å²) in [7, 11) is 0. The molecule has 2 rings (SSSR count). The first-order chi connectivity index (χ1) is 9.82. The van der Waals surface area contributed by atoms with Gasteiger partial charge in [0.05, 0.1) is 0 Å². The van der Waals surface area contributed by atoms with Crippen LogP contribution in [-0.4, -0.2) is 34.8 Å². The summed E-state index contributed by atoms with van der Waals surface area (Å²) >= 11 is 5.63. The van der Waals surface area contributed by atoms with Crippen LogP contribution in [0.2, 0.25) is 0 Å². The molecule has 1 atom stereocenters. The van der Waals surface area contributed by atoms with Gasteiger partial charge in [0, 0.05) is 12.1 Å². The van der Waals surface area contributed by atoms with E-state index in [9.17, 15) is 9.59 Å². The fourth-order valence-corrected chi connectivity index (χ4v) is 3.67. The van der Waals surface area contributed by atoms with Crippen LogP contribution >= 0.6 is 11.6 Å². The second-order valence-electron chi connectivity index (χ2n) is 7.22. The minimum atomic E-state index is -0.683. The minimum absolute atomic E-state index is 0.0352. The summed E-state index contributed by atoms with van der Waals surface area (Å²) in [6.45, 7) is 6.35. The SMILES string of the molecule is CC(C)(C)C1C(=O)NC2(CCCCC2)C(=O)N1C/C=C/Cl. The van der Waals surface area contributed by atoms with Crippen molar-refractivity contribution in [3.63, 3.8) is 0 Å². The van der Waals surface area contributed by atoms with Crippen molar-refractivity contribution in [1.29, 1.82) is 0 Å². The molecule has 1 spiro atoms. The van der Waals surface area contributed by atoms with Crippen LogP contribution in [0, 0.1) is 5.41 Å². The maximum atomic E-state index is 13.0. The van der Waals surface area contributed by atoms with E-state index in [4.69, 9.17) is 11.6 Å². The van der Waals surface area contributed by atoms with E-state index in [0.29, 0.717) is 6.54 Å². The van der Waals surface area contributed by atoms with E-state index < -0.39 is 11.6 Å². The molecule has 4 nitrogen and oxygen atoms in total. The molecule has 0 radical (unpaired) electrons.